The number of hydrogen-bond donors (Lipinski definition) is 1. The average Bonchev–Trinajstić information content (AvgIpc) is 2.31. The van der Waals surface area contributed by atoms with Crippen molar-refractivity contribution in [1.29, 1.82) is 0 Å². The molecule has 0 radical (unpaired) electrons. The smallest absolute Gasteiger partial charge is 0.0815 e. The first-order valence-electron chi connectivity index (χ1n) is 3.47. The fourth-order valence-electron chi connectivity index (χ4n) is 0.769. The number of nitrogens with zero attached hydrogens (tertiary/aromatic N) is 2. The van der Waals surface area contributed by atoms with Crippen LogP contribution in [0.2, 0.25) is 5.02 Å². The molecule has 4 heteroatoms. The van der Waals surface area contributed by atoms with Crippen molar-refractivity contribution in [1.82, 2.24) is 9.78 Å². The largest absolute Gasteiger partial charge is 0.394 e. The van der Waals surface area contributed by atoms with Crippen LogP contribution in [-0.2, 0) is 0 Å². The Labute approximate surface area is 70.6 Å². The van der Waals surface area contributed by atoms with Gasteiger partial charge in [-0.2, -0.15) is 5.10 Å². The van der Waals surface area contributed by atoms with E-state index in [1.165, 1.54) is 0 Å². The monoisotopic (exact) mass is 174 g/mol. The lowest BCUT2D eigenvalue weighted by Crippen LogP contribution is -2.09. The molecule has 1 aromatic rings. The second-order valence-electron chi connectivity index (χ2n) is 2.57. The molecule has 0 spiro atoms. The summed E-state index contributed by atoms with van der Waals surface area (Å²) in [6.45, 7) is 3.79. The van der Waals surface area contributed by atoms with Crippen LogP contribution in [0.25, 0.3) is 0 Å². The van der Waals surface area contributed by atoms with Crippen LogP contribution >= 0.6 is 11.6 Å². The van der Waals surface area contributed by atoms with Gasteiger partial charge >= 0.3 is 0 Å². The summed E-state index contributed by atoms with van der Waals surface area (Å²) in [4.78, 5) is 0. The summed E-state index contributed by atoms with van der Waals surface area (Å²) >= 11 is 5.77. The molecule has 11 heavy (non-hydrogen) atoms. The molecule has 1 unspecified atom stereocenters. The van der Waals surface area contributed by atoms with Gasteiger partial charge in [0, 0.05) is 6.20 Å². The summed E-state index contributed by atoms with van der Waals surface area (Å²) in [5, 5.41) is 13.5. The van der Waals surface area contributed by atoms with Gasteiger partial charge in [-0.05, 0) is 13.8 Å². The molecule has 1 N–H and O–H groups in total. The molecule has 62 valence electrons. The molecule has 1 heterocycles. The maximum Gasteiger partial charge on any atom is 0.0815 e. The first-order valence-corrected chi connectivity index (χ1v) is 3.85. The van der Waals surface area contributed by atoms with Gasteiger partial charge in [0.15, 0.2) is 0 Å². The van der Waals surface area contributed by atoms with Crippen LogP contribution in [0, 0.1) is 6.92 Å². The molecule has 0 aliphatic rings. The molecule has 1 atom stereocenters. The Bertz CT molecular complexity index is 227. The molecular weight excluding hydrogens is 164 g/mol. The summed E-state index contributed by atoms with van der Waals surface area (Å²) in [5.74, 6) is 0. The van der Waals surface area contributed by atoms with Gasteiger partial charge in [-0.3, -0.25) is 4.68 Å². The maximum absolute atomic E-state index is 8.78. The molecule has 1 aromatic heterocycles. The lowest BCUT2D eigenvalue weighted by Gasteiger charge is -2.06. The van der Waals surface area contributed by atoms with E-state index in [4.69, 9.17) is 16.7 Å². The van der Waals surface area contributed by atoms with Crippen molar-refractivity contribution >= 4 is 11.6 Å². The van der Waals surface area contributed by atoms with Crippen molar-refractivity contribution in [2.24, 2.45) is 0 Å². The zero-order valence-corrected chi connectivity index (χ0v) is 7.34. The number of aryl methyl sites for hydroxylation is 1. The molecule has 0 aliphatic heterocycles. The Balaban J connectivity index is 2.88. The van der Waals surface area contributed by atoms with Crippen LogP contribution in [0.3, 0.4) is 0 Å². The lowest BCUT2D eigenvalue weighted by atomic mass is 10.4. The third-order valence-corrected chi connectivity index (χ3v) is 1.94. The third kappa shape index (κ3) is 1.73. The van der Waals surface area contributed by atoms with Crippen molar-refractivity contribution in [2.75, 3.05) is 6.61 Å². The minimum atomic E-state index is 0.00111. The lowest BCUT2D eigenvalue weighted by molar-refractivity contribution is 0.229. The number of halogens is 1. The van der Waals surface area contributed by atoms with E-state index in [0.717, 1.165) is 5.69 Å². The third-order valence-electron chi connectivity index (χ3n) is 1.57. The van der Waals surface area contributed by atoms with Gasteiger partial charge < -0.3 is 5.11 Å². The summed E-state index contributed by atoms with van der Waals surface area (Å²) in [5.41, 5.74) is 0.798. The number of hydrogen-bond acceptors (Lipinski definition) is 2. The normalized spacial score (nSPS) is 13.5. The molecule has 0 amide bonds. The van der Waals surface area contributed by atoms with E-state index in [-0.39, 0.29) is 12.6 Å². The number of aromatic nitrogens is 2. The Kier molecular flexibility index (Phi) is 2.52. The highest BCUT2D eigenvalue weighted by Crippen LogP contribution is 2.14. The molecule has 0 saturated heterocycles. The summed E-state index contributed by atoms with van der Waals surface area (Å²) in [7, 11) is 0. The highest BCUT2D eigenvalue weighted by molar-refractivity contribution is 6.31. The van der Waals surface area contributed by atoms with Crippen LogP contribution in [0.15, 0.2) is 6.20 Å². The van der Waals surface area contributed by atoms with Crippen LogP contribution in [-0.4, -0.2) is 21.5 Å². The summed E-state index contributed by atoms with van der Waals surface area (Å²) < 4.78 is 1.66. The van der Waals surface area contributed by atoms with Gasteiger partial charge in [-0.25, -0.2) is 0 Å². The van der Waals surface area contributed by atoms with Gasteiger partial charge in [0.2, 0.25) is 0 Å². The highest BCUT2D eigenvalue weighted by Gasteiger charge is 2.06. The summed E-state index contributed by atoms with van der Waals surface area (Å²) in [6, 6.07) is 0.00111. The van der Waals surface area contributed by atoms with E-state index in [9.17, 15) is 0 Å². The summed E-state index contributed by atoms with van der Waals surface area (Å²) in [6.07, 6.45) is 1.72. The number of aliphatic hydroxyl groups is 1. The van der Waals surface area contributed by atoms with Crippen molar-refractivity contribution < 1.29 is 5.11 Å². The van der Waals surface area contributed by atoms with E-state index in [1.54, 1.807) is 10.9 Å². The fourth-order valence-corrected chi connectivity index (χ4v) is 0.907. The van der Waals surface area contributed by atoms with Crippen molar-refractivity contribution in [3.63, 3.8) is 0 Å². The quantitative estimate of drug-likeness (QED) is 0.736. The van der Waals surface area contributed by atoms with E-state index in [1.807, 2.05) is 13.8 Å². The average molecular weight is 175 g/mol. The second-order valence-corrected chi connectivity index (χ2v) is 2.98. The molecule has 1 rings (SSSR count). The maximum atomic E-state index is 8.78. The topological polar surface area (TPSA) is 38.0 Å². The molecule has 0 bridgehead atoms. The van der Waals surface area contributed by atoms with Crippen LogP contribution in [0.1, 0.15) is 18.7 Å². The van der Waals surface area contributed by atoms with E-state index in [2.05, 4.69) is 5.10 Å². The predicted octanol–water partition coefficient (Wildman–Crippen LogP) is 1.40. The van der Waals surface area contributed by atoms with E-state index in [0.29, 0.717) is 5.02 Å². The first-order chi connectivity index (χ1) is 5.15. The number of aliphatic hydroxyl groups excluding tert-OH is 1. The Morgan fingerprint density at radius 1 is 1.82 bits per heavy atom. The molecular formula is C7H11ClN2O. The molecule has 0 aromatic carbocycles. The highest BCUT2D eigenvalue weighted by atomic mass is 35.5. The standard InChI is InChI=1S/C7H11ClN2O/c1-5(4-11)10-3-7(8)6(2)9-10/h3,5,11H,4H2,1-2H3. The van der Waals surface area contributed by atoms with Gasteiger partial charge in [0.25, 0.3) is 0 Å². The zero-order chi connectivity index (χ0) is 8.43. The molecule has 0 fully saturated rings. The minimum absolute atomic E-state index is 0.00111. The van der Waals surface area contributed by atoms with Crippen molar-refractivity contribution in [3.05, 3.63) is 16.9 Å². The first kappa shape index (κ1) is 8.56. The molecule has 0 saturated carbocycles. The van der Waals surface area contributed by atoms with Crippen molar-refractivity contribution in [2.45, 2.75) is 19.9 Å². The minimum Gasteiger partial charge on any atom is -0.394 e. The van der Waals surface area contributed by atoms with Crippen LogP contribution < -0.4 is 0 Å². The number of rotatable bonds is 2. The molecule has 3 nitrogen and oxygen atoms in total. The van der Waals surface area contributed by atoms with Gasteiger partial charge in [0.1, 0.15) is 0 Å². The van der Waals surface area contributed by atoms with Crippen LogP contribution in [0.5, 0.6) is 0 Å². The van der Waals surface area contributed by atoms with Crippen LogP contribution in [0.4, 0.5) is 0 Å². The van der Waals surface area contributed by atoms with Gasteiger partial charge in [-0.15, -0.1) is 0 Å². The van der Waals surface area contributed by atoms with Gasteiger partial charge in [0.05, 0.1) is 23.4 Å². The predicted molar refractivity (Wildman–Crippen MR) is 43.8 cm³/mol. The van der Waals surface area contributed by atoms with E-state index < -0.39 is 0 Å². The molecule has 0 aliphatic carbocycles. The second kappa shape index (κ2) is 3.24. The fraction of sp³-hybridized carbons (Fsp3) is 0.571. The van der Waals surface area contributed by atoms with Crippen molar-refractivity contribution in [3.8, 4) is 0 Å². The zero-order valence-electron chi connectivity index (χ0n) is 6.58. The Morgan fingerprint density at radius 3 is 2.82 bits per heavy atom. The Morgan fingerprint density at radius 2 is 2.45 bits per heavy atom. The van der Waals surface area contributed by atoms with Gasteiger partial charge in [-0.1, -0.05) is 11.6 Å². The Hall–Kier alpha value is -0.540. The van der Waals surface area contributed by atoms with E-state index >= 15 is 0 Å². The SMILES string of the molecule is Cc1nn(C(C)CO)cc1Cl.